The summed E-state index contributed by atoms with van der Waals surface area (Å²) < 4.78 is 5.17. The molecular formula is C24H47NO3. The van der Waals surface area contributed by atoms with Crippen LogP contribution in [-0.2, 0) is 4.74 Å². The fourth-order valence-corrected chi connectivity index (χ4v) is 3.13. The van der Waals surface area contributed by atoms with Gasteiger partial charge in [0.05, 0.1) is 19.3 Å². The quantitative estimate of drug-likeness (QED) is 0.187. The van der Waals surface area contributed by atoms with Crippen molar-refractivity contribution in [3.05, 3.63) is 12.2 Å². The average Bonchev–Trinajstić information content (AvgIpc) is 2.68. The summed E-state index contributed by atoms with van der Waals surface area (Å²) in [6.07, 6.45) is 22.1. The zero-order valence-electron chi connectivity index (χ0n) is 18.9. The maximum absolute atomic E-state index is 11.6. The average molecular weight is 398 g/mol. The van der Waals surface area contributed by atoms with E-state index < -0.39 is 6.09 Å². The number of allylic oxidation sites excluding steroid dienone is 2. The van der Waals surface area contributed by atoms with E-state index in [0.29, 0.717) is 6.61 Å². The highest BCUT2D eigenvalue weighted by atomic mass is 16.5. The molecule has 0 rings (SSSR count). The Morgan fingerprint density at radius 2 is 1.36 bits per heavy atom. The summed E-state index contributed by atoms with van der Waals surface area (Å²) in [6, 6.07) is -0.229. The van der Waals surface area contributed by atoms with Gasteiger partial charge in [0.15, 0.2) is 0 Å². The van der Waals surface area contributed by atoms with E-state index in [1.807, 2.05) is 13.8 Å². The number of unbranched alkanes of at least 4 members (excludes halogenated alkanes) is 12. The molecule has 0 aliphatic heterocycles. The van der Waals surface area contributed by atoms with Crippen molar-refractivity contribution in [1.82, 2.24) is 5.32 Å². The van der Waals surface area contributed by atoms with Crippen LogP contribution in [0.1, 0.15) is 111 Å². The molecular weight excluding hydrogens is 350 g/mol. The SMILES string of the molecule is CCCCCCCCC=CCCCCCCCCOC(=O)N[C@H](CO)C(C)C. The highest BCUT2D eigenvalue weighted by Gasteiger charge is 2.15. The Bertz CT molecular complexity index is 369. The Labute approximate surface area is 174 Å². The van der Waals surface area contributed by atoms with Gasteiger partial charge >= 0.3 is 6.09 Å². The Morgan fingerprint density at radius 1 is 0.857 bits per heavy atom. The van der Waals surface area contributed by atoms with Gasteiger partial charge in [-0.2, -0.15) is 0 Å². The lowest BCUT2D eigenvalue weighted by Crippen LogP contribution is -2.41. The van der Waals surface area contributed by atoms with E-state index in [1.165, 1.54) is 77.0 Å². The van der Waals surface area contributed by atoms with Gasteiger partial charge in [0, 0.05) is 0 Å². The van der Waals surface area contributed by atoms with Crippen molar-refractivity contribution >= 4 is 6.09 Å². The first-order valence-corrected chi connectivity index (χ1v) is 11.8. The van der Waals surface area contributed by atoms with Crippen molar-refractivity contribution in [2.24, 2.45) is 5.92 Å². The molecule has 0 spiro atoms. The largest absolute Gasteiger partial charge is 0.450 e. The van der Waals surface area contributed by atoms with E-state index in [4.69, 9.17) is 4.74 Å². The number of carbonyl (C=O) groups excluding carboxylic acids is 1. The van der Waals surface area contributed by atoms with E-state index in [-0.39, 0.29) is 18.6 Å². The molecule has 2 N–H and O–H groups in total. The minimum absolute atomic E-state index is 0.0546. The number of hydrogen-bond donors (Lipinski definition) is 2. The van der Waals surface area contributed by atoms with Crippen LogP contribution < -0.4 is 5.32 Å². The van der Waals surface area contributed by atoms with Crippen molar-refractivity contribution in [2.75, 3.05) is 13.2 Å². The fourth-order valence-electron chi connectivity index (χ4n) is 3.13. The molecule has 4 heteroatoms. The third kappa shape index (κ3) is 18.3. The molecule has 4 nitrogen and oxygen atoms in total. The second-order valence-electron chi connectivity index (χ2n) is 8.25. The fraction of sp³-hybridized carbons (Fsp3) is 0.875. The number of aliphatic hydroxyl groups is 1. The number of rotatable bonds is 19. The third-order valence-corrected chi connectivity index (χ3v) is 5.19. The summed E-state index contributed by atoms with van der Waals surface area (Å²) in [4.78, 5) is 11.6. The predicted molar refractivity (Wildman–Crippen MR) is 120 cm³/mol. The molecule has 166 valence electrons. The van der Waals surface area contributed by atoms with E-state index >= 15 is 0 Å². The molecule has 0 radical (unpaired) electrons. The molecule has 0 fully saturated rings. The first-order valence-electron chi connectivity index (χ1n) is 11.8. The van der Waals surface area contributed by atoms with Crippen molar-refractivity contribution < 1.29 is 14.6 Å². The Morgan fingerprint density at radius 3 is 1.86 bits per heavy atom. The van der Waals surface area contributed by atoms with Crippen LogP contribution in [0, 0.1) is 5.92 Å². The smallest absolute Gasteiger partial charge is 0.407 e. The Hall–Kier alpha value is -1.03. The van der Waals surface area contributed by atoms with Crippen LogP contribution in [0.3, 0.4) is 0 Å². The zero-order valence-corrected chi connectivity index (χ0v) is 18.9. The Kier molecular flexibility index (Phi) is 19.9. The molecule has 0 bridgehead atoms. The Balaban J connectivity index is 3.31. The summed E-state index contributed by atoms with van der Waals surface area (Å²) in [5, 5.41) is 11.9. The molecule has 1 atom stereocenters. The second-order valence-corrected chi connectivity index (χ2v) is 8.25. The molecule has 0 heterocycles. The van der Waals surface area contributed by atoms with E-state index in [1.54, 1.807) is 0 Å². The number of amides is 1. The van der Waals surface area contributed by atoms with Crippen molar-refractivity contribution in [3.63, 3.8) is 0 Å². The monoisotopic (exact) mass is 397 g/mol. The minimum atomic E-state index is -0.416. The van der Waals surface area contributed by atoms with Crippen LogP contribution in [0.15, 0.2) is 12.2 Å². The highest BCUT2D eigenvalue weighted by molar-refractivity contribution is 5.67. The number of alkyl carbamates (subject to hydrolysis) is 1. The molecule has 0 aliphatic carbocycles. The molecule has 0 aliphatic rings. The van der Waals surface area contributed by atoms with Gasteiger partial charge in [-0.05, 0) is 38.0 Å². The molecule has 0 aromatic carbocycles. The van der Waals surface area contributed by atoms with E-state index in [0.717, 1.165) is 12.8 Å². The number of nitrogens with one attached hydrogen (secondary N) is 1. The predicted octanol–water partition coefficient (Wildman–Crippen LogP) is 6.77. The van der Waals surface area contributed by atoms with Gasteiger partial charge in [0.2, 0.25) is 0 Å². The number of ether oxygens (including phenoxy) is 1. The zero-order chi connectivity index (χ0) is 20.9. The normalized spacial score (nSPS) is 12.6. The van der Waals surface area contributed by atoms with Gasteiger partial charge in [0.1, 0.15) is 0 Å². The van der Waals surface area contributed by atoms with Crippen LogP contribution in [0.5, 0.6) is 0 Å². The standard InChI is InChI=1S/C24H47NO3/c1-4-5-6-7-8-9-10-11-12-13-14-15-16-17-18-19-20-28-24(27)25-23(21-26)22(2)3/h11-12,22-23,26H,4-10,13-21H2,1-3H3,(H,25,27)/t23-/m1/s1. The topological polar surface area (TPSA) is 58.6 Å². The first-order chi connectivity index (χ1) is 13.6. The van der Waals surface area contributed by atoms with Gasteiger partial charge in [-0.3, -0.25) is 0 Å². The highest BCUT2D eigenvalue weighted by Crippen LogP contribution is 2.10. The number of carbonyl (C=O) groups is 1. The second kappa shape index (κ2) is 20.7. The van der Waals surface area contributed by atoms with E-state index in [2.05, 4.69) is 24.4 Å². The summed E-state index contributed by atoms with van der Waals surface area (Å²) in [5.41, 5.74) is 0. The van der Waals surface area contributed by atoms with Crippen LogP contribution in [0.2, 0.25) is 0 Å². The third-order valence-electron chi connectivity index (χ3n) is 5.19. The molecule has 0 aromatic rings. The van der Waals surface area contributed by atoms with Crippen LogP contribution in [0.4, 0.5) is 4.79 Å². The summed E-state index contributed by atoms with van der Waals surface area (Å²) in [5.74, 6) is 0.197. The van der Waals surface area contributed by atoms with Gasteiger partial charge < -0.3 is 15.2 Å². The summed E-state index contributed by atoms with van der Waals surface area (Å²) in [6.45, 7) is 6.60. The van der Waals surface area contributed by atoms with Crippen molar-refractivity contribution in [3.8, 4) is 0 Å². The number of aliphatic hydroxyl groups excluding tert-OH is 1. The lowest BCUT2D eigenvalue weighted by atomic mass is 10.1. The molecule has 0 aromatic heterocycles. The van der Waals surface area contributed by atoms with E-state index in [9.17, 15) is 9.90 Å². The van der Waals surface area contributed by atoms with Gasteiger partial charge in [0.25, 0.3) is 0 Å². The van der Waals surface area contributed by atoms with Crippen molar-refractivity contribution in [2.45, 2.75) is 117 Å². The maximum Gasteiger partial charge on any atom is 0.407 e. The van der Waals surface area contributed by atoms with Gasteiger partial charge in [-0.1, -0.05) is 90.7 Å². The van der Waals surface area contributed by atoms with Crippen molar-refractivity contribution in [1.29, 1.82) is 0 Å². The van der Waals surface area contributed by atoms with Gasteiger partial charge in [-0.25, -0.2) is 4.79 Å². The first kappa shape index (κ1) is 27.0. The lowest BCUT2D eigenvalue weighted by molar-refractivity contribution is 0.127. The van der Waals surface area contributed by atoms with Crippen LogP contribution in [0.25, 0.3) is 0 Å². The molecule has 1 amide bonds. The molecule has 0 saturated carbocycles. The summed E-state index contributed by atoms with van der Waals surface area (Å²) >= 11 is 0. The maximum atomic E-state index is 11.6. The minimum Gasteiger partial charge on any atom is -0.450 e. The molecule has 0 saturated heterocycles. The molecule has 28 heavy (non-hydrogen) atoms. The lowest BCUT2D eigenvalue weighted by Gasteiger charge is -2.19. The number of hydrogen-bond acceptors (Lipinski definition) is 3. The van der Waals surface area contributed by atoms with Crippen LogP contribution in [-0.4, -0.2) is 30.5 Å². The molecule has 0 unspecified atom stereocenters. The van der Waals surface area contributed by atoms with Crippen LogP contribution >= 0.6 is 0 Å². The summed E-state index contributed by atoms with van der Waals surface area (Å²) in [7, 11) is 0. The van der Waals surface area contributed by atoms with Gasteiger partial charge in [-0.15, -0.1) is 0 Å².